The zero-order valence-corrected chi connectivity index (χ0v) is 28.2. The van der Waals surface area contributed by atoms with Crippen LogP contribution in [0, 0.1) is 0 Å². The zero-order valence-electron chi connectivity index (χ0n) is 28.2. The van der Waals surface area contributed by atoms with Gasteiger partial charge in [-0.2, -0.15) is 0 Å². The smallest absolute Gasteiger partial charge is 0.115 e. The van der Waals surface area contributed by atoms with E-state index in [1.165, 1.54) is 5.57 Å². The molecule has 0 aliphatic rings. The molecule has 1 rings (SSSR count). The van der Waals surface area contributed by atoms with Gasteiger partial charge in [0.25, 0.3) is 0 Å². The van der Waals surface area contributed by atoms with E-state index < -0.39 is 5.54 Å². The van der Waals surface area contributed by atoms with Gasteiger partial charge in [0, 0.05) is 17.7 Å². The van der Waals surface area contributed by atoms with Crippen LogP contribution in [0.15, 0.2) is 121 Å². The molecule has 6 N–H and O–H groups in total. The Balaban J connectivity index is -0.000000627. The summed E-state index contributed by atoms with van der Waals surface area (Å²) >= 11 is 0. The molecule has 236 valence electrons. The van der Waals surface area contributed by atoms with Crippen molar-refractivity contribution in [1.29, 1.82) is 0 Å². The second-order valence-electron chi connectivity index (χ2n) is 9.82. The average molecular weight is 579 g/mol. The summed E-state index contributed by atoms with van der Waals surface area (Å²) in [6.45, 7) is 25.9. The van der Waals surface area contributed by atoms with Crippen LogP contribution in [0.25, 0.3) is 0 Å². The Kier molecular flexibility index (Phi) is 27.5. The highest BCUT2D eigenvalue weighted by molar-refractivity contribution is 5.36. The normalized spacial score (nSPS) is 15.0. The molecule has 0 radical (unpaired) electrons. The summed E-state index contributed by atoms with van der Waals surface area (Å²) in [5, 5.41) is 16.9. The minimum Gasteiger partial charge on any atom is -0.508 e. The van der Waals surface area contributed by atoms with Crippen molar-refractivity contribution in [3.63, 3.8) is 0 Å². The predicted molar refractivity (Wildman–Crippen MR) is 190 cm³/mol. The SMILES string of the molecule is C=C/C(=C\C=C/C)CC(C)(N)c1ccc(O)cc1.C=C/C=C(\C=C/C)C(N)(CC)C/C(C)=C/C=C\CC.CC.CCO. The summed E-state index contributed by atoms with van der Waals surface area (Å²) in [5.41, 5.74) is 16.7. The van der Waals surface area contributed by atoms with Gasteiger partial charge in [-0.05, 0) is 89.1 Å². The van der Waals surface area contributed by atoms with Crippen molar-refractivity contribution in [3.8, 4) is 5.75 Å². The van der Waals surface area contributed by atoms with E-state index in [1.54, 1.807) is 19.1 Å². The first-order chi connectivity index (χ1) is 19.9. The molecule has 42 heavy (non-hydrogen) atoms. The quantitative estimate of drug-likeness (QED) is 0.175. The molecule has 0 heterocycles. The summed E-state index contributed by atoms with van der Waals surface area (Å²) in [6, 6.07) is 7.02. The molecular weight excluding hydrogens is 516 g/mol. The first-order valence-corrected chi connectivity index (χ1v) is 15.2. The van der Waals surface area contributed by atoms with Gasteiger partial charge in [0.05, 0.1) is 0 Å². The molecule has 0 bridgehead atoms. The van der Waals surface area contributed by atoms with Gasteiger partial charge in [0.2, 0.25) is 0 Å². The van der Waals surface area contributed by atoms with E-state index in [4.69, 9.17) is 16.6 Å². The Hall–Kier alpha value is -3.18. The van der Waals surface area contributed by atoms with Crippen molar-refractivity contribution >= 4 is 0 Å². The first-order valence-electron chi connectivity index (χ1n) is 15.2. The molecule has 0 spiro atoms. The third kappa shape index (κ3) is 19.8. The molecule has 0 amide bonds. The van der Waals surface area contributed by atoms with E-state index in [0.717, 1.165) is 36.0 Å². The highest BCUT2D eigenvalue weighted by Gasteiger charge is 2.26. The van der Waals surface area contributed by atoms with Crippen LogP contribution in [0.5, 0.6) is 5.75 Å². The maximum Gasteiger partial charge on any atom is 0.115 e. The van der Waals surface area contributed by atoms with E-state index in [0.29, 0.717) is 6.42 Å². The third-order valence-electron chi connectivity index (χ3n) is 6.06. The number of rotatable bonds is 13. The van der Waals surface area contributed by atoms with Crippen molar-refractivity contribution < 1.29 is 10.2 Å². The second-order valence-corrected chi connectivity index (χ2v) is 9.82. The van der Waals surface area contributed by atoms with Gasteiger partial charge < -0.3 is 21.7 Å². The van der Waals surface area contributed by atoms with Crippen LogP contribution in [0.2, 0.25) is 0 Å². The molecular formula is C38H62N2O2. The van der Waals surface area contributed by atoms with Gasteiger partial charge >= 0.3 is 0 Å². The standard InChI is InChI=1S/C18H29N.C16H21NO.C2H6O.C2H6/c1-6-10-11-14-16(5)15-18(19,9-4)17(12-7-2)13-8-3;1-4-6-7-13(5-2)12-16(3,17)14-8-10-15(18)11-9-14;1-2-3;1-2/h7-8,10-14H,2,6,9,15,19H2,1,3-5H3;4-11,18H,2,12,17H2,1,3H3;3H,2H2,1H3;1-2H3/b11-10-,13-8-,16-14+,17-12+;6-4-,13-7+;;. The Bertz CT molecular complexity index is 1020. The molecule has 4 nitrogen and oxygen atoms in total. The minimum absolute atomic E-state index is 0.250. The van der Waals surface area contributed by atoms with Gasteiger partial charge in [-0.25, -0.2) is 0 Å². The van der Waals surface area contributed by atoms with E-state index in [2.05, 4.69) is 58.2 Å². The number of aliphatic hydroxyl groups is 1. The van der Waals surface area contributed by atoms with Gasteiger partial charge in [-0.15, -0.1) is 0 Å². The summed E-state index contributed by atoms with van der Waals surface area (Å²) in [6.07, 6.45) is 25.7. The number of benzene rings is 1. The predicted octanol–water partition coefficient (Wildman–Crippen LogP) is 9.75. The number of hydrogen-bond donors (Lipinski definition) is 4. The summed E-state index contributed by atoms with van der Waals surface area (Å²) in [4.78, 5) is 0. The van der Waals surface area contributed by atoms with Crippen LogP contribution in [0.4, 0.5) is 0 Å². The van der Waals surface area contributed by atoms with Crippen LogP contribution < -0.4 is 11.5 Å². The van der Waals surface area contributed by atoms with Crippen LogP contribution in [0.1, 0.15) is 93.6 Å². The topological polar surface area (TPSA) is 92.5 Å². The van der Waals surface area contributed by atoms with E-state index in [-0.39, 0.29) is 17.9 Å². The molecule has 2 unspecified atom stereocenters. The monoisotopic (exact) mass is 578 g/mol. The molecule has 0 aromatic heterocycles. The van der Waals surface area contributed by atoms with E-state index >= 15 is 0 Å². The molecule has 4 heteroatoms. The van der Waals surface area contributed by atoms with Crippen LogP contribution in [0.3, 0.4) is 0 Å². The molecule has 2 atom stereocenters. The van der Waals surface area contributed by atoms with Gasteiger partial charge in [0.1, 0.15) is 5.75 Å². The largest absolute Gasteiger partial charge is 0.508 e. The maximum absolute atomic E-state index is 9.29. The number of nitrogens with two attached hydrogens (primary N) is 2. The highest BCUT2D eigenvalue weighted by atomic mass is 16.3. The molecule has 0 saturated heterocycles. The number of aromatic hydroxyl groups is 1. The van der Waals surface area contributed by atoms with Crippen molar-refractivity contribution in [2.24, 2.45) is 11.5 Å². The van der Waals surface area contributed by atoms with E-state index in [1.807, 2.05) is 89.3 Å². The zero-order chi connectivity index (χ0) is 33.0. The second kappa shape index (κ2) is 26.7. The minimum atomic E-state index is -0.477. The lowest BCUT2D eigenvalue weighted by atomic mass is 9.81. The highest BCUT2D eigenvalue weighted by Crippen LogP contribution is 2.28. The number of phenols is 1. The fourth-order valence-corrected chi connectivity index (χ4v) is 3.84. The van der Waals surface area contributed by atoms with Crippen LogP contribution in [-0.2, 0) is 5.54 Å². The van der Waals surface area contributed by atoms with Gasteiger partial charge in [0.15, 0.2) is 0 Å². The number of phenolic OH excluding ortho intramolecular Hbond substituents is 1. The lowest BCUT2D eigenvalue weighted by Gasteiger charge is -2.30. The molecule has 0 aliphatic heterocycles. The lowest BCUT2D eigenvalue weighted by molar-refractivity contribution is 0.318. The molecule has 0 aliphatic carbocycles. The molecule has 0 saturated carbocycles. The summed E-state index contributed by atoms with van der Waals surface area (Å²) < 4.78 is 0. The number of hydrogen-bond acceptors (Lipinski definition) is 4. The lowest BCUT2D eigenvalue weighted by Crippen LogP contribution is -2.41. The number of aliphatic hydroxyl groups excluding tert-OH is 1. The van der Waals surface area contributed by atoms with Crippen molar-refractivity contribution in [3.05, 3.63) is 127 Å². The maximum atomic E-state index is 9.29. The van der Waals surface area contributed by atoms with E-state index in [9.17, 15) is 5.11 Å². The summed E-state index contributed by atoms with van der Waals surface area (Å²) in [5.74, 6) is 0.253. The Morgan fingerprint density at radius 1 is 0.905 bits per heavy atom. The van der Waals surface area contributed by atoms with Gasteiger partial charge in [-0.1, -0.05) is 125 Å². The van der Waals surface area contributed by atoms with Crippen molar-refractivity contribution in [1.82, 2.24) is 0 Å². The molecule has 0 fully saturated rings. The Morgan fingerprint density at radius 3 is 1.90 bits per heavy atom. The van der Waals surface area contributed by atoms with Crippen molar-refractivity contribution in [2.75, 3.05) is 6.61 Å². The Morgan fingerprint density at radius 2 is 1.48 bits per heavy atom. The Labute approximate surface area is 259 Å². The van der Waals surface area contributed by atoms with Crippen LogP contribution in [-0.4, -0.2) is 22.4 Å². The van der Waals surface area contributed by atoms with Crippen LogP contribution >= 0.6 is 0 Å². The fourth-order valence-electron chi connectivity index (χ4n) is 3.84. The summed E-state index contributed by atoms with van der Waals surface area (Å²) in [7, 11) is 0. The third-order valence-corrected chi connectivity index (χ3v) is 6.06. The van der Waals surface area contributed by atoms with Crippen molar-refractivity contribution in [2.45, 2.75) is 99.1 Å². The van der Waals surface area contributed by atoms with Gasteiger partial charge in [-0.3, -0.25) is 0 Å². The average Bonchev–Trinajstić information content (AvgIpc) is 2.97. The fraction of sp³-hybridized carbons (Fsp3) is 0.421. The molecule has 1 aromatic carbocycles. The number of allylic oxidation sites excluding steroid dienone is 10. The molecule has 1 aromatic rings. The first kappa shape index (κ1) is 43.3.